The van der Waals surface area contributed by atoms with Crippen LogP contribution in [0.1, 0.15) is 33.5 Å². The zero-order valence-corrected chi connectivity index (χ0v) is 21.9. The quantitative estimate of drug-likeness (QED) is 0.332. The molecule has 0 spiro atoms. The molecule has 0 bridgehead atoms. The van der Waals surface area contributed by atoms with Gasteiger partial charge in [-0.05, 0) is 61.7 Å². The van der Waals surface area contributed by atoms with Crippen molar-refractivity contribution in [1.82, 2.24) is 20.1 Å². The summed E-state index contributed by atoms with van der Waals surface area (Å²) in [5, 5.41) is 4.06. The van der Waals surface area contributed by atoms with Gasteiger partial charge < -0.3 is 10.2 Å². The van der Waals surface area contributed by atoms with Crippen molar-refractivity contribution in [2.75, 3.05) is 39.3 Å². The van der Waals surface area contributed by atoms with Crippen LogP contribution in [0.25, 0.3) is 22.2 Å². The Balaban J connectivity index is 1.16. The van der Waals surface area contributed by atoms with E-state index in [-0.39, 0.29) is 5.91 Å². The zero-order chi connectivity index (χ0) is 25.6. The number of piperazine rings is 1. The van der Waals surface area contributed by atoms with Crippen LogP contribution >= 0.6 is 0 Å². The van der Waals surface area contributed by atoms with Gasteiger partial charge in [0.15, 0.2) is 0 Å². The minimum atomic E-state index is -0.0311. The van der Waals surface area contributed by atoms with Crippen molar-refractivity contribution < 1.29 is 4.79 Å². The minimum absolute atomic E-state index is 0.0311. The average molecular weight is 493 g/mol. The predicted molar refractivity (Wildman–Crippen MR) is 152 cm³/mol. The number of hydrogen-bond acceptors (Lipinski definition) is 4. The van der Waals surface area contributed by atoms with Gasteiger partial charge in [-0.1, -0.05) is 60.7 Å². The van der Waals surface area contributed by atoms with Crippen LogP contribution in [0.15, 0.2) is 78.9 Å². The number of rotatable bonds is 8. The van der Waals surface area contributed by atoms with E-state index in [1.54, 1.807) is 0 Å². The molecule has 5 nitrogen and oxygen atoms in total. The molecule has 190 valence electrons. The Morgan fingerprint density at radius 2 is 1.57 bits per heavy atom. The number of nitrogens with zero attached hydrogens (tertiary/aromatic N) is 3. The molecule has 0 atom stereocenters. The zero-order valence-electron chi connectivity index (χ0n) is 21.9. The highest BCUT2D eigenvalue weighted by molar-refractivity contribution is 6.07. The second-order valence-corrected chi connectivity index (χ2v) is 10.1. The number of aromatic nitrogens is 1. The highest BCUT2D eigenvalue weighted by Gasteiger charge is 2.17. The summed E-state index contributed by atoms with van der Waals surface area (Å²) in [6, 6.07) is 26.9. The molecule has 4 aromatic rings. The first kappa shape index (κ1) is 25.1. The molecule has 5 heteroatoms. The number of nitrogens with one attached hydrogen (secondary N) is 1. The van der Waals surface area contributed by atoms with E-state index in [0.29, 0.717) is 12.1 Å². The Bertz CT molecular complexity index is 1360. The van der Waals surface area contributed by atoms with Gasteiger partial charge in [-0.15, -0.1) is 0 Å². The predicted octanol–water partition coefficient (Wildman–Crippen LogP) is 5.46. The van der Waals surface area contributed by atoms with E-state index in [1.807, 2.05) is 30.3 Å². The van der Waals surface area contributed by atoms with Crippen molar-refractivity contribution in [1.29, 1.82) is 0 Å². The second kappa shape index (κ2) is 11.7. The van der Waals surface area contributed by atoms with Gasteiger partial charge >= 0.3 is 0 Å². The van der Waals surface area contributed by atoms with Crippen molar-refractivity contribution in [2.45, 2.75) is 26.8 Å². The fourth-order valence-electron chi connectivity index (χ4n) is 5.02. The van der Waals surface area contributed by atoms with Crippen LogP contribution in [-0.4, -0.2) is 60.0 Å². The fraction of sp³-hybridized carbons (Fsp3) is 0.312. The van der Waals surface area contributed by atoms with Crippen LogP contribution in [-0.2, 0) is 6.54 Å². The molecule has 37 heavy (non-hydrogen) atoms. The van der Waals surface area contributed by atoms with Crippen molar-refractivity contribution in [3.8, 4) is 11.3 Å². The maximum Gasteiger partial charge on any atom is 0.252 e. The molecule has 0 unspecified atom stereocenters. The summed E-state index contributed by atoms with van der Waals surface area (Å²) < 4.78 is 0. The Kier molecular flexibility index (Phi) is 7.93. The van der Waals surface area contributed by atoms with Gasteiger partial charge in [-0.3, -0.25) is 9.69 Å². The number of pyridine rings is 1. The van der Waals surface area contributed by atoms with Gasteiger partial charge in [0.25, 0.3) is 5.91 Å². The minimum Gasteiger partial charge on any atom is -0.352 e. The highest BCUT2D eigenvalue weighted by Crippen LogP contribution is 2.26. The summed E-state index contributed by atoms with van der Waals surface area (Å²) in [6.45, 7) is 11.2. The second-order valence-electron chi connectivity index (χ2n) is 10.1. The van der Waals surface area contributed by atoms with Gasteiger partial charge in [0.2, 0.25) is 0 Å². The third kappa shape index (κ3) is 6.24. The van der Waals surface area contributed by atoms with Gasteiger partial charge in [0.1, 0.15) is 0 Å². The largest absolute Gasteiger partial charge is 0.352 e. The first-order chi connectivity index (χ1) is 18.1. The molecule has 2 heterocycles. The molecule has 0 aliphatic carbocycles. The standard InChI is InChI=1S/C32H36N4O/c1-24-13-14-27(21-25(24)2)31-22-29(28-11-6-7-12-30(28)34-31)32(37)33-15-8-16-35-17-19-36(20-18-35)23-26-9-4-3-5-10-26/h3-7,9-14,21-22H,8,15-20,23H2,1-2H3,(H,33,37). The molecule has 0 radical (unpaired) electrons. The number of hydrogen-bond donors (Lipinski definition) is 1. The van der Waals surface area contributed by atoms with E-state index < -0.39 is 0 Å². The summed E-state index contributed by atoms with van der Waals surface area (Å²) in [6.07, 6.45) is 0.942. The Labute approximate surface area is 220 Å². The monoisotopic (exact) mass is 492 g/mol. The molecular weight excluding hydrogens is 456 g/mol. The number of carbonyl (C=O) groups excluding carboxylic acids is 1. The number of benzene rings is 3. The lowest BCUT2D eigenvalue weighted by molar-refractivity contribution is 0.0948. The Hall–Kier alpha value is -3.54. The van der Waals surface area contributed by atoms with Gasteiger partial charge in [-0.25, -0.2) is 4.98 Å². The maximum absolute atomic E-state index is 13.3. The highest BCUT2D eigenvalue weighted by atomic mass is 16.1. The van der Waals surface area contributed by atoms with Crippen LogP contribution in [0.4, 0.5) is 0 Å². The molecule has 3 aromatic carbocycles. The van der Waals surface area contributed by atoms with Crippen molar-refractivity contribution in [2.24, 2.45) is 0 Å². The van der Waals surface area contributed by atoms with Crippen LogP contribution in [0.3, 0.4) is 0 Å². The number of aryl methyl sites for hydroxylation is 2. The van der Waals surface area contributed by atoms with Crippen molar-refractivity contribution in [3.63, 3.8) is 0 Å². The first-order valence-electron chi connectivity index (χ1n) is 13.3. The smallest absolute Gasteiger partial charge is 0.252 e. The average Bonchev–Trinajstić information content (AvgIpc) is 2.93. The lowest BCUT2D eigenvalue weighted by Gasteiger charge is -2.34. The maximum atomic E-state index is 13.3. The Morgan fingerprint density at radius 3 is 2.35 bits per heavy atom. The van der Waals surface area contributed by atoms with Crippen LogP contribution < -0.4 is 5.32 Å². The fourth-order valence-corrected chi connectivity index (χ4v) is 5.02. The van der Waals surface area contributed by atoms with E-state index in [0.717, 1.165) is 67.8 Å². The van der Waals surface area contributed by atoms with E-state index in [1.165, 1.54) is 16.7 Å². The first-order valence-corrected chi connectivity index (χ1v) is 13.3. The lowest BCUT2D eigenvalue weighted by atomic mass is 10.0. The lowest BCUT2D eigenvalue weighted by Crippen LogP contribution is -2.46. The molecule has 1 aliphatic rings. The third-order valence-electron chi connectivity index (χ3n) is 7.41. The normalized spacial score (nSPS) is 14.6. The number of para-hydroxylation sites is 1. The molecule has 1 saturated heterocycles. The number of amides is 1. The molecule has 5 rings (SSSR count). The summed E-state index contributed by atoms with van der Waals surface area (Å²) >= 11 is 0. The summed E-state index contributed by atoms with van der Waals surface area (Å²) in [4.78, 5) is 23.2. The summed E-state index contributed by atoms with van der Waals surface area (Å²) in [5.74, 6) is -0.0311. The summed E-state index contributed by atoms with van der Waals surface area (Å²) in [5.41, 5.74) is 7.25. The van der Waals surface area contributed by atoms with Crippen LogP contribution in [0, 0.1) is 13.8 Å². The Morgan fingerprint density at radius 1 is 0.838 bits per heavy atom. The molecule has 1 aliphatic heterocycles. The number of fused-ring (bicyclic) bond motifs is 1. The van der Waals surface area contributed by atoms with Crippen molar-refractivity contribution >= 4 is 16.8 Å². The van der Waals surface area contributed by atoms with Crippen LogP contribution in [0.5, 0.6) is 0 Å². The topological polar surface area (TPSA) is 48.5 Å². The van der Waals surface area contributed by atoms with Crippen LogP contribution in [0.2, 0.25) is 0 Å². The van der Waals surface area contributed by atoms with E-state index in [4.69, 9.17) is 4.98 Å². The van der Waals surface area contributed by atoms with Gasteiger partial charge in [0.05, 0.1) is 16.8 Å². The molecule has 1 N–H and O–H groups in total. The van der Waals surface area contributed by atoms with E-state index in [9.17, 15) is 4.79 Å². The SMILES string of the molecule is Cc1ccc(-c2cc(C(=O)NCCCN3CCN(Cc4ccccc4)CC3)c3ccccc3n2)cc1C. The number of carbonyl (C=O) groups is 1. The van der Waals surface area contributed by atoms with E-state index >= 15 is 0 Å². The molecule has 1 fully saturated rings. The van der Waals surface area contributed by atoms with Gasteiger partial charge in [0, 0.05) is 50.2 Å². The van der Waals surface area contributed by atoms with Gasteiger partial charge in [-0.2, -0.15) is 0 Å². The molecule has 1 amide bonds. The van der Waals surface area contributed by atoms with Crippen molar-refractivity contribution in [3.05, 3.63) is 101 Å². The summed E-state index contributed by atoms with van der Waals surface area (Å²) in [7, 11) is 0. The van der Waals surface area contributed by atoms with E-state index in [2.05, 4.69) is 77.5 Å². The molecular formula is C32H36N4O. The molecule has 1 aromatic heterocycles. The molecule has 0 saturated carbocycles. The third-order valence-corrected chi connectivity index (χ3v) is 7.41.